The molecule has 2 amide bonds. The molecule has 2 aromatic carbocycles. The Morgan fingerprint density at radius 2 is 1.76 bits per heavy atom. The molecule has 0 radical (unpaired) electrons. The van der Waals surface area contributed by atoms with Gasteiger partial charge in [0, 0.05) is 34.4 Å². The lowest BCUT2D eigenvalue weighted by Crippen LogP contribution is -2.42. The molecule has 1 aliphatic rings. The topological polar surface area (TPSA) is 101 Å². The smallest absolute Gasteiger partial charge is 0.260 e. The van der Waals surface area contributed by atoms with Crippen LogP contribution in [0.25, 0.3) is 0 Å². The first-order valence-electron chi connectivity index (χ1n) is 11.5. The molecule has 0 saturated carbocycles. The second-order valence-corrected chi connectivity index (χ2v) is 12.9. The Hall–Kier alpha value is -2.40. The zero-order valence-corrected chi connectivity index (χ0v) is 24.1. The highest BCUT2D eigenvalue weighted by Crippen LogP contribution is 2.44. The van der Waals surface area contributed by atoms with E-state index in [0.29, 0.717) is 35.1 Å². The van der Waals surface area contributed by atoms with Crippen LogP contribution < -0.4 is 10.2 Å². The maximum Gasteiger partial charge on any atom is 0.260 e. The second kappa shape index (κ2) is 10.8. The number of nitrogens with one attached hydrogen (secondary N) is 1. The number of carbonyl (C=O) groups excluding carboxylic acids is 2. The fourth-order valence-corrected chi connectivity index (χ4v) is 6.78. The lowest BCUT2D eigenvalue weighted by molar-refractivity contribution is -0.124. The van der Waals surface area contributed by atoms with Crippen molar-refractivity contribution in [1.29, 1.82) is 0 Å². The summed E-state index contributed by atoms with van der Waals surface area (Å²) in [4.78, 5) is 30.9. The van der Waals surface area contributed by atoms with Crippen molar-refractivity contribution in [1.82, 2.24) is 14.9 Å². The number of fused-ring (bicyclic) bond motifs is 1. The van der Waals surface area contributed by atoms with E-state index >= 15 is 0 Å². The summed E-state index contributed by atoms with van der Waals surface area (Å²) in [5.41, 5.74) is -0.0379. The molecule has 1 aliphatic heterocycles. The largest absolute Gasteiger partial charge is 0.356 e. The van der Waals surface area contributed by atoms with Gasteiger partial charge in [-0.25, -0.2) is 18.3 Å². The van der Waals surface area contributed by atoms with Crippen molar-refractivity contribution in [3.63, 3.8) is 0 Å². The Labute approximate surface area is 234 Å². The molecule has 8 nitrogen and oxygen atoms in total. The molecule has 12 heteroatoms. The van der Waals surface area contributed by atoms with E-state index in [0.717, 1.165) is 10.0 Å². The Bertz CT molecular complexity index is 1440. The number of benzene rings is 2. The van der Waals surface area contributed by atoms with Crippen LogP contribution in [0.15, 0.2) is 58.2 Å². The minimum Gasteiger partial charge on any atom is -0.356 e. The second-order valence-electron chi connectivity index (χ2n) is 9.09. The number of amides is 2. The van der Waals surface area contributed by atoms with Gasteiger partial charge in [0.15, 0.2) is 14.9 Å². The third kappa shape index (κ3) is 5.72. The number of unbranched alkanes of at least 4 members (excludes halogenated alkanes) is 1. The van der Waals surface area contributed by atoms with Gasteiger partial charge in [-0.05, 0) is 55.7 Å². The highest BCUT2D eigenvalue weighted by atomic mass is 79.9. The van der Waals surface area contributed by atoms with Gasteiger partial charge in [-0.3, -0.25) is 14.2 Å². The molecule has 1 atom stereocenters. The number of rotatable bonds is 9. The zero-order chi connectivity index (χ0) is 27.0. The van der Waals surface area contributed by atoms with Crippen molar-refractivity contribution >= 4 is 72.4 Å². The summed E-state index contributed by atoms with van der Waals surface area (Å²) < 4.78 is 29.3. The number of aromatic nitrogens is 2. The Morgan fingerprint density at radius 3 is 2.38 bits per heavy atom. The normalized spacial score (nSPS) is 17.2. The van der Waals surface area contributed by atoms with E-state index in [1.807, 2.05) is 24.3 Å². The predicted molar refractivity (Wildman–Crippen MR) is 147 cm³/mol. The lowest BCUT2D eigenvalue weighted by atomic mass is 9.92. The molecular weight excluding hydrogens is 603 g/mol. The quantitative estimate of drug-likeness (QED) is 0.325. The summed E-state index contributed by atoms with van der Waals surface area (Å²) >= 11 is 15.9. The van der Waals surface area contributed by atoms with E-state index in [1.165, 1.54) is 22.6 Å². The number of halogens is 3. The van der Waals surface area contributed by atoms with Gasteiger partial charge in [-0.15, -0.1) is 0 Å². The molecule has 1 aromatic heterocycles. The molecule has 3 aromatic rings. The molecule has 0 bridgehead atoms. The zero-order valence-electron chi connectivity index (χ0n) is 20.2. The van der Waals surface area contributed by atoms with Crippen molar-refractivity contribution in [3.05, 3.63) is 68.7 Å². The van der Waals surface area contributed by atoms with Crippen LogP contribution in [0.4, 0.5) is 11.6 Å². The molecule has 4 rings (SSSR count). The molecular formula is C25H25BrCl2N4O4S. The van der Waals surface area contributed by atoms with E-state index in [-0.39, 0.29) is 35.0 Å². The minimum absolute atomic E-state index is 0.0365. The monoisotopic (exact) mass is 626 g/mol. The summed E-state index contributed by atoms with van der Waals surface area (Å²) in [5.74, 6) is -0.484. The molecule has 196 valence electrons. The van der Waals surface area contributed by atoms with E-state index in [9.17, 15) is 18.0 Å². The van der Waals surface area contributed by atoms with Gasteiger partial charge >= 0.3 is 0 Å². The van der Waals surface area contributed by atoms with Crippen molar-refractivity contribution in [2.75, 3.05) is 17.2 Å². The number of carbonyl (C=O) groups is 2. The number of hydrogen-bond donors (Lipinski definition) is 1. The maximum atomic E-state index is 14.0. The van der Waals surface area contributed by atoms with Crippen LogP contribution in [0.1, 0.15) is 32.3 Å². The van der Waals surface area contributed by atoms with Crippen LogP contribution >= 0.6 is 39.1 Å². The van der Waals surface area contributed by atoms with E-state index in [4.69, 9.17) is 23.2 Å². The van der Waals surface area contributed by atoms with Gasteiger partial charge in [0.25, 0.3) is 5.91 Å². The van der Waals surface area contributed by atoms with Crippen LogP contribution in [0.3, 0.4) is 0 Å². The first-order valence-corrected chi connectivity index (χ1v) is 14.7. The van der Waals surface area contributed by atoms with E-state index in [1.54, 1.807) is 25.1 Å². The average molecular weight is 628 g/mol. The summed E-state index contributed by atoms with van der Waals surface area (Å²) in [5, 5.41) is 3.30. The van der Waals surface area contributed by atoms with Crippen molar-refractivity contribution in [2.24, 2.45) is 0 Å². The van der Waals surface area contributed by atoms with Gasteiger partial charge in [0.2, 0.25) is 11.9 Å². The van der Waals surface area contributed by atoms with E-state index in [2.05, 4.69) is 26.2 Å². The van der Waals surface area contributed by atoms with Gasteiger partial charge in [-0.2, -0.15) is 0 Å². The Kier molecular flexibility index (Phi) is 8.04. The highest BCUT2D eigenvalue weighted by Gasteiger charge is 2.51. The van der Waals surface area contributed by atoms with Crippen molar-refractivity contribution < 1.29 is 18.0 Å². The van der Waals surface area contributed by atoms with Gasteiger partial charge in [0.05, 0.1) is 17.6 Å². The summed E-state index contributed by atoms with van der Waals surface area (Å²) in [7, 11) is -3.81. The van der Waals surface area contributed by atoms with Gasteiger partial charge < -0.3 is 5.32 Å². The van der Waals surface area contributed by atoms with Crippen LogP contribution in [0.2, 0.25) is 10.0 Å². The third-order valence-corrected chi connectivity index (χ3v) is 8.88. The highest BCUT2D eigenvalue weighted by molar-refractivity contribution is 9.10. The van der Waals surface area contributed by atoms with Gasteiger partial charge in [0.1, 0.15) is 5.54 Å². The Balaban J connectivity index is 1.76. The minimum atomic E-state index is -3.81. The van der Waals surface area contributed by atoms with Gasteiger partial charge in [-0.1, -0.05) is 51.3 Å². The molecule has 1 unspecified atom stereocenters. The number of imidazole rings is 1. The fraction of sp³-hybridized carbons (Fsp3) is 0.320. The molecule has 0 saturated heterocycles. The van der Waals surface area contributed by atoms with Crippen LogP contribution in [0, 0.1) is 0 Å². The standard InChI is InChI=1S/C25H25BrCl2N4O4S/c1-16(33)29-9-3-4-10-37(35,36)22-15-30-24-31(21-12-19(27)11-20(28)13-21)23(34)25(2,32(22)24)14-17-5-7-18(26)8-6-17/h5-8,11-13,15H,3-4,9-10,14H2,1-2H3,(H,29,33). The van der Waals surface area contributed by atoms with Crippen LogP contribution in [0.5, 0.6) is 0 Å². The van der Waals surface area contributed by atoms with E-state index < -0.39 is 15.4 Å². The fourth-order valence-electron chi connectivity index (χ4n) is 4.44. The lowest BCUT2D eigenvalue weighted by Gasteiger charge is -2.26. The van der Waals surface area contributed by atoms with Crippen LogP contribution in [-0.2, 0) is 31.4 Å². The molecule has 0 spiro atoms. The van der Waals surface area contributed by atoms with Crippen molar-refractivity contribution in [3.8, 4) is 0 Å². The maximum absolute atomic E-state index is 14.0. The number of sulfone groups is 1. The van der Waals surface area contributed by atoms with Crippen LogP contribution in [-0.4, -0.2) is 42.1 Å². The number of anilines is 2. The third-order valence-electron chi connectivity index (χ3n) is 6.17. The molecule has 2 heterocycles. The summed E-state index contributed by atoms with van der Waals surface area (Å²) in [6, 6.07) is 12.2. The first-order chi connectivity index (χ1) is 17.4. The molecule has 1 N–H and O–H groups in total. The molecule has 0 aliphatic carbocycles. The number of nitrogens with zero attached hydrogens (tertiary/aromatic N) is 3. The molecule has 37 heavy (non-hydrogen) atoms. The Morgan fingerprint density at radius 1 is 1.11 bits per heavy atom. The predicted octanol–water partition coefficient (Wildman–Crippen LogP) is 5.28. The summed E-state index contributed by atoms with van der Waals surface area (Å²) in [6.07, 6.45) is 2.37. The molecule has 0 fully saturated rings. The SMILES string of the molecule is CC(=O)NCCCCS(=O)(=O)c1cnc2n1C(C)(Cc1ccc(Br)cc1)C(=O)N2c1cc(Cl)cc(Cl)c1. The first kappa shape index (κ1) is 27.6. The number of hydrogen-bond acceptors (Lipinski definition) is 5. The average Bonchev–Trinajstić information content (AvgIpc) is 3.33. The summed E-state index contributed by atoms with van der Waals surface area (Å²) in [6.45, 7) is 3.51. The van der Waals surface area contributed by atoms with Crippen molar-refractivity contribution in [2.45, 2.75) is 43.7 Å².